The molecule has 0 aromatic heterocycles. The topological polar surface area (TPSA) is 96.0 Å². The Bertz CT molecular complexity index is 1410. The lowest BCUT2D eigenvalue weighted by atomic mass is 10.1. The Kier molecular flexibility index (Phi) is 9.71. The van der Waals surface area contributed by atoms with Crippen molar-refractivity contribution in [2.24, 2.45) is 0 Å². The Morgan fingerprint density at radius 1 is 1.00 bits per heavy atom. The van der Waals surface area contributed by atoms with Crippen molar-refractivity contribution in [3.05, 3.63) is 89.4 Å². The molecule has 0 aliphatic heterocycles. The summed E-state index contributed by atoms with van der Waals surface area (Å²) in [5.74, 6) is -0.250. The highest BCUT2D eigenvalue weighted by atomic mass is 35.5. The molecule has 0 bridgehead atoms. The predicted octanol–water partition coefficient (Wildman–Crippen LogP) is 5.02. The third kappa shape index (κ3) is 7.14. The molecule has 3 aromatic rings. The van der Waals surface area contributed by atoms with E-state index in [4.69, 9.17) is 16.3 Å². The van der Waals surface area contributed by atoms with Gasteiger partial charge in [0.15, 0.2) is 0 Å². The molecule has 1 N–H and O–H groups in total. The summed E-state index contributed by atoms with van der Waals surface area (Å²) in [7, 11) is -2.61. The first kappa shape index (κ1) is 29.4. The number of nitrogens with one attached hydrogen (secondary N) is 1. The Morgan fingerprint density at radius 3 is 2.30 bits per heavy atom. The molecule has 2 amide bonds. The van der Waals surface area contributed by atoms with E-state index in [1.54, 1.807) is 67.6 Å². The number of nitrogens with zero attached hydrogens (tertiary/aromatic N) is 2. The van der Waals surface area contributed by atoms with Crippen LogP contribution in [0.3, 0.4) is 0 Å². The quantitative estimate of drug-likeness (QED) is 0.342. The summed E-state index contributed by atoms with van der Waals surface area (Å²) in [5, 5.41) is 3.56. The predicted molar refractivity (Wildman–Crippen MR) is 156 cm³/mol. The lowest BCUT2D eigenvalue weighted by Crippen LogP contribution is -2.52. The van der Waals surface area contributed by atoms with Gasteiger partial charge in [0.2, 0.25) is 11.8 Å². The molecule has 212 valence electrons. The van der Waals surface area contributed by atoms with Crippen molar-refractivity contribution in [2.75, 3.05) is 18.0 Å². The molecule has 1 fully saturated rings. The highest BCUT2D eigenvalue weighted by Crippen LogP contribution is 2.27. The fraction of sp³-hybridized carbons (Fsp3) is 0.333. The van der Waals surface area contributed by atoms with Crippen molar-refractivity contribution in [3.8, 4) is 5.75 Å². The Balaban J connectivity index is 1.68. The maximum atomic E-state index is 14.0. The molecule has 40 heavy (non-hydrogen) atoms. The SMILES string of the molecule is COc1ccc(N(CC(=O)N(Cc2cccc(Cl)c2)C(C)C(=O)NC2CCCC2)S(=O)(=O)c2ccccc2)cc1. The Labute approximate surface area is 240 Å². The van der Waals surface area contributed by atoms with Crippen LogP contribution in [0.2, 0.25) is 5.02 Å². The zero-order valence-corrected chi connectivity index (χ0v) is 24.2. The Morgan fingerprint density at radius 2 is 1.68 bits per heavy atom. The third-order valence-corrected chi connectivity index (χ3v) is 9.10. The first-order valence-electron chi connectivity index (χ1n) is 13.2. The minimum Gasteiger partial charge on any atom is -0.497 e. The van der Waals surface area contributed by atoms with Gasteiger partial charge in [0, 0.05) is 17.6 Å². The zero-order valence-electron chi connectivity index (χ0n) is 22.6. The van der Waals surface area contributed by atoms with Gasteiger partial charge in [-0.15, -0.1) is 0 Å². The number of methoxy groups -OCH3 is 1. The van der Waals surface area contributed by atoms with Gasteiger partial charge in [-0.2, -0.15) is 0 Å². The summed E-state index contributed by atoms with van der Waals surface area (Å²) in [6.45, 7) is 1.24. The van der Waals surface area contributed by atoms with Crippen LogP contribution in [0, 0.1) is 0 Å². The standard InChI is InChI=1S/C30H34ClN3O5S/c1-22(30(36)32-25-11-6-7-12-25)33(20-23-9-8-10-24(31)19-23)29(35)21-34(26-15-17-27(39-2)18-16-26)40(37,38)28-13-4-3-5-14-28/h3-5,8-10,13-19,22,25H,6-7,11-12,20-21H2,1-2H3,(H,32,36). The molecule has 0 heterocycles. The molecule has 10 heteroatoms. The second-order valence-electron chi connectivity index (χ2n) is 9.84. The van der Waals surface area contributed by atoms with E-state index in [0.29, 0.717) is 16.5 Å². The molecule has 0 saturated heterocycles. The second-order valence-corrected chi connectivity index (χ2v) is 12.1. The van der Waals surface area contributed by atoms with Gasteiger partial charge >= 0.3 is 0 Å². The molecular weight excluding hydrogens is 550 g/mol. The summed E-state index contributed by atoms with van der Waals surface area (Å²) in [6, 6.07) is 20.7. The number of rotatable bonds is 11. The van der Waals surface area contributed by atoms with Crippen LogP contribution in [0.25, 0.3) is 0 Å². The normalized spacial score (nSPS) is 14.4. The smallest absolute Gasteiger partial charge is 0.264 e. The van der Waals surface area contributed by atoms with Gasteiger partial charge in [0.25, 0.3) is 10.0 Å². The van der Waals surface area contributed by atoms with Crippen molar-refractivity contribution in [3.63, 3.8) is 0 Å². The molecule has 0 spiro atoms. The number of carbonyl (C=O) groups is 2. The average Bonchev–Trinajstić information content (AvgIpc) is 3.47. The van der Waals surface area contributed by atoms with Crippen LogP contribution in [0.15, 0.2) is 83.8 Å². The van der Waals surface area contributed by atoms with E-state index < -0.39 is 28.5 Å². The van der Waals surface area contributed by atoms with E-state index in [0.717, 1.165) is 35.6 Å². The van der Waals surface area contributed by atoms with Crippen LogP contribution < -0.4 is 14.4 Å². The first-order valence-corrected chi connectivity index (χ1v) is 15.1. The van der Waals surface area contributed by atoms with Crippen LogP contribution in [0.1, 0.15) is 38.2 Å². The summed E-state index contributed by atoms with van der Waals surface area (Å²) in [4.78, 5) is 28.7. The van der Waals surface area contributed by atoms with Crippen molar-refractivity contribution in [2.45, 2.75) is 56.1 Å². The van der Waals surface area contributed by atoms with Crippen molar-refractivity contribution < 1.29 is 22.7 Å². The van der Waals surface area contributed by atoms with E-state index in [1.165, 1.54) is 24.1 Å². The summed E-state index contributed by atoms with van der Waals surface area (Å²) < 4.78 is 33.9. The molecule has 1 unspecified atom stereocenters. The maximum Gasteiger partial charge on any atom is 0.264 e. The molecule has 4 rings (SSSR count). The summed E-state index contributed by atoms with van der Waals surface area (Å²) >= 11 is 6.20. The summed E-state index contributed by atoms with van der Waals surface area (Å²) in [6.07, 6.45) is 3.92. The molecule has 1 aliphatic rings. The van der Waals surface area contributed by atoms with Crippen molar-refractivity contribution in [1.29, 1.82) is 0 Å². The number of hydrogen-bond donors (Lipinski definition) is 1. The number of amides is 2. The van der Waals surface area contributed by atoms with Crippen molar-refractivity contribution >= 4 is 39.1 Å². The highest BCUT2D eigenvalue weighted by molar-refractivity contribution is 7.92. The van der Waals surface area contributed by atoms with Gasteiger partial charge in [0.1, 0.15) is 18.3 Å². The maximum absolute atomic E-state index is 14.0. The molecule has 8 nitrogen and oxygen atoms in total. The highest BCUT2D eigenvalue weighted by Gasteiger charge is 2.33. The number of halogens is 1. The molecular formula is C30H34ClN3O5S. The van der Waals surface area contributed by atoms with Gasteiger partial charge < -0.3 is 15.0 Å². The van der Waals surface area contributed by atoms with Crippen LogP contribution in [-0.4, -0.2) is 50.9 Å². The molecule has 1 aliphatic carbocycles. The first-order chi connectivity index (χ1) is 19.2. The molecule has 1 atom stereocenters. The second kappa shape index (κ2) is 13.2. The van der Waals surface area contributed by atoms with E-state index in [9.17, 15) is 18.0 Å². The van der Waals surface area contributed by atoms with Gasteiger partial charge in [0.05, 0.1) is 17.7 Å². The number of carbonyl (C=O) groups excluding carboxylic acids is 2. The minimum atomic E-state index is -4.12. The van der Waals surface area contributed by atoms with Crippen LogP contribution in [0.4, 0.5) is 5.69 Å². The third-order valence-electron chi connectivity index (χ3n) is 7.08. The van der Waals surface area contributed by atoms with E-state index in [2.05, 4.69) is 5.32 Å². The number of benzene rings is 3. The largest absolute Gasteiger partial charge is 0.497 e. The van der Waals surface area contributed by atoms with Crippen LogP contribution in [0.5, 0.6) is 5.75 Å². The monoisotopic (exact) mass is 583 g/mol. The number of anilines is 1. The zero-order chi connectivity index (χ0) is 28.7. The lowest BCUT2D eigenvalue weighted by Gasteiger charge is -2.32. The lowest BCUT2D eigenvalue weighted by molar-refractivity contribution is -0.139. The van der Waals surface area contributed by atoms with Crippen LogP contribution >= 0.6 is 11.6 Å². The summed E-state index contributed by atoms with van der Waals surface area (Å²) in [5.41, 5.74) is 1.02. The minimum absolute atomic E-state index is 0.0482. The van der Waals surface area contributed by atoms with Crippen molar-refractivity contribution in [1.82, 2.24) is 10.2 Å². The average molecular weight is 584 g/mol. The van der Waals surface area contributed by atoms with E-state index in [-0.39, 0.29) is 23.4 Å². The van der Waals surface area contributed by atoms with Gasteiger partial charge in [-0.3, -0.25) is 13.9 Å². The van der Waals surface area contributed by atoms with Crippen LogP contribution in [-0.2, 0) is 26.2 Å². The van der Waals surface area contributed by atoms with Gasteiger partial charge in [-0.05, 0) is 73.9 Å². The van der Waals surface area contributed by atoms with Gasteiger partial charge in [-0.1, -0.05) is 54.8 Å². The van der Waals surface area contributed by atoms with Gasteiger partial charge in [-0.25, -0.2) is 8.42 Å². The number of hydrogen-bond acceptors (Lipinski definition) is 5. The molecule has 1 saturated carbocycles. The number of ether oxygens (including phenoxy) is 1. The molecule has 3 aromatic carbocycles. The fourth-order valence-corrected chi connectivity index (χ4v) is 6.45. The number of sulfonamides is 1. The fourth-order valence-electron chi connectivity index (χ4n) is 4.80. The Hall–Kier alpha value is -3.56. The van der Waals surface area contributed by atoms with E-state index in [1.807, 2.05) is 6.07 Å². The van der Waals surface area contributed by atoms with E-state index >= 15 is 0 Å². The molecule has 0 radical (unpaired) electrons.